The molecule has 1 unspecified atom stereocenters. The predicted octanol–water partition coefficient (Wildman–Crippen LogP) is 1.47. The third-order valence-corrected chi connectivity index (χ3v) is 6.81. The van der Waals surface area contributed by atoms with Gasteiger partial charge in [0.1, 0.15) is 18.3 Å². The molecule has 0 heterocycles. The van der Waals surface area contributed by atoms with Crippen molar-refractivity contribution in [2.24, 2.45) is 0 Å². The van der Waals surface area contributed by atoms with Gasteiger partial charge in [0, 0.05) is 27.7 Å². The number of ether oxygens (including phenoxy) is 1. The molecule has 0 aliphatic heterocycles. The maximum atomic E-state index is 13.4. The smallest absolute Gasteiger partial charge is 0.304 e. The van der Waals surface area contributed by atoms with E-state index in [1.807, 2.05) is 0 Å². The predicted molar refractivity (Wildman–Crippen MR) is 123 cm³/mol. The molecule has 0 saturated heterocycles. The monoisotopic (exact) mass is 462 g/mol. The highest BCUT2D eigenvalue weighted by Gasteiger charge is 2.32. The molecule has 2 aromatic rings. The summed E-state index contributed by atoms with van der Waals surface area (Å²) in [4.78, 5) is 27.1. The molecule has 2 aromatic carbocycles. The number of hydrogen-bond donors (Lipinski definition) is 1. The molecule has 0 saturated carbocycles. The Kier molecular flexibility index (Phi) is 8.62. The molecule has 0 aliphatic carbocycles. The number of methoxy groups -OCH3 is 1. The van der Waals surface area contributed by atoms with Crippen LogP contribution in [-0.2, 0) is 26.3 Å². The maximum Gasteiger partial charge on any atom is 0.304 e. The molecule has 1 N–H and O–H groups in total. The molecule has 0 spiro atoms. The fraction of sp³-hybridized carbons (Fsp3) is 0.364. The molecular formula is C22H30N4O5S. The minimum absolute atomic E-state index is 0.127. The van der Waals surface area contributed by atoms with E-state index in [1.54, 1.807) is 68.6 Å². The van der Waals surface area contributed by atoms with Gasteiger partial charge in [-0.05, 0) is 36.8 Å². The van der Waals surface area contributed by atoms with Crippen LogP contribution >= 0.6 is 0 Å². The first-order valence-electron chi connectivity index (χ1n) is 10.0. The van der Waals surface area contributed by atoms with Crippen molar-refractivity contribution in [3.05, 3.63) is 60.2 Å². The zero-order chi connectivity index (χ0) is 23.9. The molecule has 0 aromatic heterocycles. The van der Waals surface area contributed by atoms with Crippen molar-refractivity contribution in [1.82, 2.24) is 14.5 Å². The van der Waals surface area contributed by atoms with Gasteiger partial charge in [-0.25, -0.2) is 4.31 Å². The number of nitrogens with one attached hydrogen (secondary N) is 1. The van der Waals surface area contributed by atoms with Gasteiger partial charge >= 0.3 is 10.2 Å². The van der Waals surface area contributed by atoms with Crippen LogP contribution in [0.5, 0.6) is 5.75 Å². The Hall–Kier alpha value is -3.11. The number of rotatable bonds is 10. The van der Waals surface area contributed by atoms with Gasteiger partial charge in [-0.1, -0.05) is 30.3 Å². The molecule has 10 heteroatoms. The topological polar surface area (TPSA) is 99.3 Å². The fourth-order valence-corrected chi connectivity index (χ4v) is 4.09. The van der Waals surface area contributed by atoms with Crippen LogP contribution in [-0.4, -0.2) is 70.3 Å². The maximum absolute atomic E-state index is 13.4. The highest BCUT2D eigenvalue weighted by atomic mass is 32.2. The van der Waals surface area contributed by atoms with E-state index in [1.165, 1.54) is 26.0 Å². The number of anilines is 1. The summed E-state index contributed by atoms with van der Waals surface area (Å²) in [6.07, 6.45) is 0. The average molecular weight is 463 g/mol. The fourth-order valence-electron chi connectivity index (χ4n) is 3.03. The SMILES string of the molecule is CNC(=O)C(C)N(Cc1ccc(OC)cc1)C(=O)CN(c1ccccc1)S(=O)(=O)N(C)C. The Morgan fingerprint density at radius 3 is 2.12 bits per heavy atom. The van der Waals surface area contributed by atoms with E-state index in [4.69, 9.17) is 4.74 Å². The lowest BCUT2D eigenvalue weighted by Crippen LogP contribution is -2.52. The van der Waals surface area contributed by atoms with Crippen LogP contribution in [0.2, 0.25) is 0 Å². The number of likely N-dealkylation sites (N-methyl/N-ethyl adjacent to an activating group) is 1. The number of carbonyl (C=O) groups is 2. The van der Waals surface area contributed by atoms with Crippen molar-refractivity contribution in [2.45, 2.75) is 19.5 Å². The third kappa shape index (κ3) is 5.98. The van der Waals surface area contributed by atoms with Crippen molar-refractivity contribution in [1.29, 1.82) is 0 Å². The Balaban J connectivity index is 2.40. The van der Waals surface area contributed by atoms with E-state index < -0.39 is 28.7 Å². The number of carbonyl (C=O) groups excluding carboxylic acids is 2. The van der Waals surface area contributed by atoms with E-state index in [9.17, 15) is 18.0 Å². The second kappa shape index (κ2) is 11.0. The van der Waals surface area contributed by atoms with Gasteiger partial charge in [0.2, 0.25) is 11.8 Å². The summed E-state index contributed by atoms with van der Waals surface area (Å²) in [5, 5.41) is 2.54. The van der Waals surface area contributed by atoms with Crippen molar-refractivity contribution < 1.29 is 22.7 Å². The van der Waals surface area contributed by atoms with Gasteiger partial charge < -0.3 is 15.0 Å². The number of benzene rings is 2. The third-order valence-electron chi connectivity index (χ3n) is 4.99. The lowest BCUT2D eigenvalue weighted by molar-refractivity contribution is -0.139. The zero-order valence-electron chi connectivity index (χ0n) is 19.0. The van der Waals surface area contributed by atoms with Crippen LogP contribution in [0.15, 0.2) is 54.6 Å². The van der Waals surface area contributed by atoms with E-state index in [-0.39, 0.29) is 12.5 Å². The first-order chi connectivity index (χ1) is 15.1. The molecule has 2 rings (SSSR count). The number of hydrogen-bond acceptors (Lipinski definition) is 5. The lowest BCUT2D eigenvalue weighted by atomic mass is 10.1. The van der Waals surface area contributed by atoms with Crippen molar-refractivity contribution >= 4 is 27.7 Å². The Bertz CT molecular complexity index is 1010. The van der Waals surface area contributed by atoms with Crippen molar-refractivity contribution in [2.75, 3.05) is 39.1 Å². The molecule has 0 bridgehead atoms. The first-order valence-corrected chi connectivity index (χ1v) is 11.4. The van der Waals surface area contributed by atoms with Crippen molar-refractivity contribution in [3.8, 4) is 5.75 Å². The van der Waals surface area contributed by atoms with Crippen LogP contribution in [0.1, 0.15) is 12.5 Å². The van der Waals surface area contributed by atoms with Crippen LogP contribution in [0.3, 0.4) is 0 Å². The van der Waals surface area contributed by atoms with E-state index >= 15 is 0 Å². The first kappa shape index (κ1) is 25.2. The van der Waals surface area contributed by atoms with Crippen LogP contribution < -0.4 is 14.4 Å². The highest BCUT2D eigenvalue weighted by Crippen LogP contribution is 2.21. The largest absolute Gasteiger partial charge is 0.497 e. The van der Waals surface area contributed by atoms with Gasteiger partial charge in [-0.3, -0.25) is 9.59 Å². The highest BCUT2D eigenvalue weighted by molar-refractivity contribution is 7.90. The molecule has 2 amide bonds. The molecule has 32 heavy (non-hydrogen) atoms. The average Bonchev–Trinajstić information content (AvgIpc) is 2.80. The number of nitrogens with zero attached hydrogens (tertiary/aromatic N) is 3. The second-order valence-corrected chi connectivity index (χ2v) is 9.36. The van der Waals surface area contributed by atoms with E-state index in [2.05, 4.69) is 5.32 Å². The minimum atomic E-state index is -3.95. The summed E-state index contributed by atoms with van der Waals surface area (Å²) < 4.78 is 33.2. The van der Waals surface area contributed by atoms with Gasteiger partial charge in [0.25, 0.3) is 0 Å². The molecular weight excluding hydrogens is 432 g/mol. The van der Waals surface area contributed by atoms with E-state index in [0.29, 0.717) is 11.4 Å². The second-order valence-electron chi connectivity index (χ2n) is 7.29. The zero-order valence-corrected chi connectivity index (χ0v) is 19.8. The summed E-state index contributed by atoms with van der Waals surface area (Å²) in [7, 11) is 1.89. The Morgan fingerprint density at radius 2 is 1.62 bits per heavy atom. The van der Waals surface area contributed by atoms with Gasteiger partial charge in [-0.2, -0.15) is 12.7 Å². The summed E-state index contributed by atoms with van der Waals surface area (Å²) in [6.45, 7) is 1.28. The quantitative estimate of drug-likeness (QED) is 0.577. The number of para-hydroxylation sites is 1. The van der Waals surface area contributed by atoms with Crippen LogP contribution in [0, 0.1) is 0 Å². The molecule has 0 aliphatic rings. The van der Waals surface area contributed by atoms with Crippen LogP contribution in [0.25, 0.3) is 0 Å². The Morgan fingerprint density at radius 1 is 1.03 bits per heavy atom. The summed E-state index contributed by atoms with van der Waals surface area (Å²) in [5.41, 5.74) is 1.13. The normalized spacial score (nSPS) is 12.2. The molecule has 1 atom stereocenters. The standard InChI is InChI=1S/C22H30N4O5S/c1-17(22(28)23-2)25(15-18-11-13-20(31-5)14-12-18)21(27)16-26(32(29,30)24(3)4)19-9-7-6-8-10-19/h6-14,17H,15-16H2,1-5H3,(H,23,28). The minimum Gasteiger partial charge on any atom is -0.497 e. The van der Waals surface area contributed by atoms with Gasteiger partial charge in [0.15, 0.2) is 0 Å². The molecule has 0 fully saturated rings. The Labute approximate surface area is 189 Å². The van der Waals surface area contributed by atoms with Gasteiger partial charge in [-0.15, -0.1) is 0 Å². The molecule has 9 nitrogen and oxygen atoms in total. The van der Waals surface area contributed by atoms with Crippen LogP contribution in [0.4, 0.5) is 5.69 Å². The number of amides is 2. The molecule has 0 radical (unpaired) electrons. The van der Waals surface area contributed by atoms with E-state index in [0.717, 1.165) is 14.2 Å². The summed E-state index contributed by atoms with van der Waals surface area (Å²) >= 11 is 0. The van der Waals surface area contributed by atoms with Crippen molar-refractivity contribution in [3.63, 3.8) is 0 Å². The van der Waals surface area contributed by atoms with Gasteiger partial charge in [0.05, 0.1) is 12.8 Å². The lowest BCUT2D eigenvalue weighted by Gasteiger charge is -2.32. The summed E-state index contributed by atoms with van der Waals surface area (Å²) in [6, 6.07) is 14.7. The summed E-state index contributed by atoms with van der Waals surface area (Å²) in [5.74, 6) is -0.196. The molecule has 174 valence electrons.